The van der Waals surface area contributed by atoms with Crippen LogP contribution in [0.2, 0.25) is 0 Å². The number of hydrogen-bond donors (Lipinski definition) is 0. The lowest BCUT2D eigenvalue weighted by molar-refractivity contribution is -0.214. The van der Waals surface area contributed by atoms with E-state index in [-0.39, 0.29) is 6.42 Å². The van der Waals surface area contributed by atoms with Gasteiger partial charge in [0.1, 0.15) is 23.3 Å². The van der Waals surface area contributed by atoms with E-state index in [1.807, 2.05) is 0 Å². The molecular weight excluding hydrogens is 454 g/mol. The Morgan fingerprint density at radius 1 is 0.943 bits per heavy atom. The van der Waals surface area contributed by atoms with Crippen molar-refractivity contribution in [2.75, 3.05) is 0 Å². The second-order valence-corrected chi connectivity index (χ2v) is 10.2. The van der Waals surface area contributed by atoms with Crippen LogP contribution in [0.1, 0.15) is 61.0 Å². The van der Waals surface area contributed by atoms with Crippen LogP contribution in [0, 0.1) is 5.92 Å². The molecule has 192 valence electrons. The van der Waals surface area contributed by atoms with E-state index in [9.17, 15) is 24.0 Å². The number of likely N-dealkylation sites (tertiary alicyclic amines) is 1. The van der Waals surface area contributed by atoms with Crippen LogP contribution in [0.5, 0.6) is 0 Å². The van der Waals surface area contributed by atoms with E-state index in [2.05, 4.69) is 0 Å². The fourth-order valence-corrected chi connectivity index (χ4v) is 4.04. The highest BCUT2D eigenvalue weighted by Crippen LogP contribution is 2.44. The van der Waals surface area contributed by atoms with Crippen molar-refractivity contribution < 1.29 is 38.2 Å². The van der Waals surface area contributed by atoms with E-state index in [0.717, 1.165) is 11.8 Å². The smallest absolute Gasteiger partial charge is 0.345 e. The summed E-state index contributed by atoms with van der Waals surface area (Å²) in [6.45, 7) is 12.4. The van der Waals surface area contributed by atoms with Crippen LogP contribution in [0.4, 0.5) is 0 Å². The number of carbonyl (C=O) groups is 5. The lowest BCUT2D eigenvalue weighted by Gasteiger charge is -2.54. The first kappa shape index (κ1) is 28.0. The monoisotopic (exact) mass is 489 g/mol. The molecule has 0 radical (unpaired) electrons. The molecule has 9 heteroatoms. The number of nitrogens with zero attached hydrogens (tertiary/aromatic N) is 1. The Balaban J connectivity index is 2.73. The highest BCUT2D eigenvalue weighted by molar-refractivity contribution is 6.25. The summed E-state index contributed by atoms with van der Waals surface area (Å²) in [5, 5.41) is 0. The Morgan fingerprint density at radius 2 is 1.43 bits per heavy atom. The van der Waals surface area contributed by atoms with Gasteiger partial charge >= 0.3 is 17.9 Å². The molecular formula is C26H35NO8. The van der Waals surface area contributed by atoms with Crippen LogP contribution < -0.4 is 0 Å². The molecule has 1 aromatic carbocycles. The Kier molecular flexibility index (Phi) is 8.47. The molecule has 0 N–H and O–H groups in total. The zero-order valence-electron chi connectivity index (χ0n) is 21.6. The van der Waals surface area contributed by atoms with Crippen molar-refractivity contribution in [3.63, 3.8) is 0 Å². The van der Waals surface area contributed by atoms with Crippen molar-refractivity contribution in [3.8, 4) is 0 Å². The van der Waals surface area contributed by atoms with E-state index in [1.54, 1.807) is 78.8 Å². The van der Waals surface area contributed by atoms with E-state index in [0.29, 0.717) is 5.56 Å². The molecule has 9 nitrogen and oxygen atoms in total. The molecule has 1 saturated heterocycles. The maximum absolute atomic E-state index is 13.5. The van der Waals surface area contributed by atoms with Gasteiger partial charge in [-0.3, -0.25) is 9.59 Å². The molecule has 0 saturated carbocycles. The topological polar surface area (TPSA) is 116 Å². The van der Waals surface area contributed by atoms with Gasteiger partial charge in [0, 0.05) is 6.42 Å². The molecule has 35 heavy (non-hydrogen) atoms. The van der Waals surface area contributed by atoms with Crippen LogP contribution in [0.25, 0.3) is 0 Å². The third-order valence-corrected chi connectivity index (χ3v) is 5.26. The normalized spacial score (nSPS) is 18.1. The lowest BCUT2D eigenvalue weighted by Crippen LogP contribution is -2.83. The second kappa shape index (κ2) is 10.6. The number of benzene rings is 1. The fraction of sp³-hybridized carbons (Fsp3) is 0.577. The Bertz CT molecular complexity index is 955. The summed E-state index contributed by atoms with van der Waals surface area (Å²) < 4.78 is 16.3. The second-order valence-electron chi connectivity index (χ2n) is 10.2. The Labute approximate surface area is 206 Å². The first-order valence-corrected chi connectivity index (χ1v) is 11.7. The molecule has 0 unspecified atom stereocenters. The number of β-lactam (4-membered cyclic amide) rings is 1. The average molecular weight is 490 g/mol. The Hall–Kier alpha value is -3.23. The van der Waals surface area contributed by atoms with Crippen LogP contribution in [0.15, 0.2) is 30.3 Å². The number of amides is 1. The predicted octanol–water partition coefficient (Wildman–Crippen LogP) is 2.63. The van der Waals surface area contributed by atoms with Crippen molar-refractivity contribution in [2.24, 2.45) is 5.92 Å². The molecule has 0 bridgehead atoms. The van der Waals surface area contributed by atoms with Gasteiger partial charge in [-0.25, -0.2) is 14.4 Å². The van der Waals surface area contributed by atoms with Crippen LogP contribution >= 0.6 is 0 Å². The molecule has 0 aliphatic carbocycles. The third kappa shape index (κ3) is 5.89. The van der Waals surface area contributed by atoms with Crippen molar-refractivity contribution in [1.82, 2.24) is 4.90 Å². The van der Waals surface area contributed by atoms with Gasteiger partial charge in [-0.15, -0.1) is 0 Å². The zero-order chi connectivity index (χ0) is 26.7. The zero-order valence-corrected chi connectivity index (χ0v) is 21.6. The maximum atomic E-state index is 13.5. The lowest BCUT2D eigenvalue weighted by atomic mass is 9.69. The number of ketones is 1. The molecule has 1 amide bonds. The molecule has 1 heterocycles. The minimum absolute atomic E-state index is 0.0578. The Morgan fingerprint density at radius 3 is 1.83 bits per heavy atom. The predicted molar refractivity (Wildman–Crippen MR) is 126 cm³/mol. The molecule has 2 atom stereocenters. The van der Waals surface area contributed by atoms with Gasteiger partial charge in [0.25, 0.3) is 5.54 Å². The van der Waals surface area contributed by atoms with Crippen molar-refractivity contribution in [1.29, 1.82) is 0 Å². The number of hydrogen-bond acceptors (Lipinski definition) is 8. The molecule has 1 aliphatic rings. The van der Waals surface area contributed by atoms with E-state index in [4.69, 9.17) is 14.2 Å². The van der Waals surface area contributed by atoms with Crippen molar-refractivity contribution >= 4 is 29.6 Å². The summed E-state index contributed by atoms with van der Waals surface area (Å²) in [7, 11) is 0. The van der Waals surface area contributed by atoms with E-state index >= 15 is 0 Å². The summed E-state index contributed by atoms with van der Waals surface area (Å²) in [6.07, 6.45) is -1.38. The van der Waals surface area contributed by atoms with Crippen LogP contribution in [-0.4, -0.2) is 63.9 Å². The number of rotatable bonds is 9. The molecule has 2 rings (SSSR count). The summed E-state index contributed by atoms with van der Waals surface area (Å²) in [4.78, 5) is 67.2. The number of carbonyl (C=O) groups excluding carboxylic acids is 5. The third-order valence-electron chi connectivity index (χ3n) is 5.26. The van der Waals surface area contributed by atoms with Crippen LogP contribution in [-0.2, 0) is 44.6 Å². The molecule has 1 aliphatic heterocycles. The van der Waals surface area contributed by atoms with Gasteiger partial charge in [0.15, 0.2) is 0 Å². The summed E-state index contributed by atoms with van der Waals surface area (Å²) in [5.74, 6) is -6.31. The first-order chi connectivity index (χ1) is 16.1. The SMILES string of the molecule is CC(=O)[C@@H]1C(=O)N([C@H](Cc2ccccc2)C(=O)OC(C)(C)C)C1(C(=O)OC(C)C)C(=O)OC(C)C. The van der Waals surface area contributed by atoms with E-state index in [1.165, 1.54) is 0 Å². The fourth-order valence-electron chi connectivity index (χ4n) is 4.04. The standard InChI is InChI=1S/C26H35NO8/c1-15(2)33-23(31)26(24(32)34-16(3)4)20(17(5)28)21(29)27(26)19(22(30)35-25(6,7)8)14-18-12-10-9-11-13-18/h9-13,15-16,19-20H,14H2,1-8H3/t19-,20-/m1/s1. The van der Waals surface area contributed by atoms with Gasteiger partial charge in [0.2, 0.25) is 5.91 Å². The average Bonchev–Trinajstić information content (AvgIpc) is 2.68. The minimum atomic E-state index is -2.45. The van der Waals surface area contributed by atoms with Crippen molar-refractivity contribution in [3.05, 3.63) is 35.9 Å². The minimum Gasteiger partial charge on any atom is -0.461 e. The number of esters is 3. The highest BCUT2D eigenvalue weighted by atomic mass is 16.6. The largest absolute Gasteiger partial charge is 0.461 e. The van der Waals surface area contributed by atoms with Gasteiger partial charge in [-0.05, 0) is 61.0 Å². The summed E-state index contributed by atoms with van der Waals surface area (Å²) >= 11 is 0. The van der Waals surface area contributed by atoms with E-state index < -0.39 is 64.9 Å². The van der Waals surface area contributed by atoms with Gasteiger partial charge in [-0.1, -0.05) is 30.3 Å². The summed E-state index contributed by atoms with van der Waals surface area (Å²) in [5.41, 5.74) is -2.71. The quantitative estimate of drug-likeness (QED) is 0.225. The number of ether oxygens (including phenoxy) is 3. The first-order valence-electron chi connectivity index (χ1n) is 11.7. The molecule has 1 fully saturated rings. The molecule has 1 aromatic rings. The molecule has 0 spiro atoms. The summed E-state index contributed by atoms with van der Waals surface area (Å²) in [6, 6.07) is 7.39. The van der Waals surface area contributed by atoms with Gasteiger partial charge in [0.05, 0.1) is 12.2 Å². The maximum Gasteiger partial charge on any atom is 0.345 e. The van der Waals surface area contributed by atoms with Gasteiger partial charge in [-0.2, -0.15) is 0 Å². The van der Waals surface area contributed by atoms with Gasteiger partial charge < -0.3 is 19.1 Å². The number of Topliss-reactive ketones (excluding diaryl/α,β-unsaturated/α-hetero) is 1. The van der Waals surface area contributed by atoms with Crippen molar-refractivity contribution in [2.45, 2.75) is 91.2 Å². The molecule has 0 aromatic heterocycles. The van der Waals surface area contributed by atoms with Crippen LogP contribution in [0.3, 0.4) is 0 Å². The highest BCUT2D eigenvalue weighted by Gasteiger charge is 2.76.